The Kier molecular flexibility index (Phi) is 5.05. The van der Waals surface area contributed by atoms with E-state index >= 15 is 0 Å². The Morgan fingerprint density at radius 3 is 2.23 bits per heavy atom. The van der Waals surface area contributed by atoms with Crippen LogP contribution in [0.15, 0.2) is 29.2 Å². The standard InChI is InChI=1S/C18H22ClNO5S/c1-12-10-20(11-15(12)16(21)22)17(23)18(8-2-3-9-18)26(24,25)14-6-4-13(19)5-7-14/h4-7,12,15H,2-3,8-11H2,1H3,(H,21,22)/t12-,15-/m1/s1. The van der Waals surface area contributed by atoms with E-state index in [9.17, 15) is 23.1 Å². The minimum atomic E-state index is -3.91. The molecule has 2 aliphatic rings. The molecule has 1 saturated carbocycles. The fourth-order valence-electron chi connectivity index (χ4n) is 4.13. The summed E-state index contributed by atoms with van der Waals surface area (Å²) >= 11 is 5.86. The number of nitrogens with zero attached hydrogens (tertiary/aromatic N) is 1. The lowest BCUT2D eigenvalue weighted by Crippen LogP contribution is -2.52. The van der Waals surface area contributed by atoms with Crippen molar-refractivity contribution in [3.05, 3.63) is 29.3 Å². The highest BCUT2D eigenvalue weighted by molar-refractivity contribution is 7.93. The molecule has 0 unspecified atom stereocenters. The third-order valence-electron chi connectivity index (χ3n) is 5.66. The van der Waals surface area contributed by atoms with Gasteiger partial charge in [-0.1, -0.05) is 31.4 Å². The molecule has 2 fully saturated rings. The third kappa shape index (κ3) is 3.01. The number of amides is 1. The largest absolute Gasteiger partial charge is 0.481 e. The van der Waals surface area contributed by atoms with E-state index in [4.69, 9.17) is 11.6 Å². The summed E-state index contributed by atoms with van der Waals surface area (Å²) in [4.78, 5) is 26.2. The number of carboxylic acids is 1. The normalized spacial score (nSPS) is 25.4. The zero-order valence-electron chi connectivity index (χ0n) is 14.5. The number of carbonyl (C=O) groups excluding carboxylic acids is 1. The van der Waals surface area contributed by atoms with Crippen LogP contribution in [0.3, 0.4) is 0 Å². The van der Waals surface area contributed by atoms with Gasteiger partial charge in [0.05, 0.1) is 10.8 Å². The molecule has 1 aliphatic heterocycles. The van der Waals surface area contributed by atoms with Crippen LogP contribution in [0, 0.1) is 11.8 Å². The van der Waals surface area contributed by atoms with Crippen molar-refractivity contribution in [3.8, 4) is 0 Å². The van der Waals surface area contributed by atoms with Crippen molar-refractivity contribution in [1.29, 1.82) is 0 Å². The van der Waals surface area contributed by atoms with Gasteiger partial charge >= 0.3 is 5.97 Å². The molecule has 1 saturated heterocycles. The molecule has 6 nitrogen and oxygen atoms in total. The second kappa shape index (κ2) is 6.85. The first-order valence-electron chi connectivity index (χ1n) is 8.71. The molecule has 1 aliphatic carbocycles. The molecule has 142 valence electrons. The number of aliphatic carboxylic acids is 1. The fraction of sp³-hybridized carbons (Fsp3) is 0.556. The summed E-state index contributed by atoms with van der Waals surface area (Å²) in [5, 5.41) is 9.73. The number of carbonyl (C=O) groups is 2. The van der Waals surface area contributed by atoms with Crippen molar-refractivity contribution in [2.45, 2.75) is 42.2 Å². The maximum atomic E-state index is 13.4. The van der Waals surface area contributed by atoms with Crippen molar-refractivity contribution in [2.24, 2.45) is 11.8 Å². The maximum Gasteiger partial charge on any atom is 0.308 e. The smallest absolute Gasteiger partial charge is 0.308 e. The zero-order valence-corrected chi connectivity index (χ0v) is 16.1. The molecule has 0 bridgehead atoms. The van der Waals surface area contributed by atoms with Crippen LogP contribution in [0.2, 0.25) is 5.02 Å². The molecule has 26 heavy (non-hydrogen) atoms. The molecule has 1 aromatic carbocycles. The van der Waals surface area contributed by atoms with Gasteiger partial charge in [-0.15, -0.1) is 0 Å². The zero-order chi connectivity index (χ0) is 19.1. The number of hydrogen-bond acceptors (Lipinski definition) is 4. The molecule has 1 N–H and O–H groups in total. The summed E-state index contributed by atoms with van der Waals surface area (Å²) in [6.07, 6.45) is 1.84. The number of rotatable bonds is 4. The van der Waals surface area contributed by atoms with Gasteiger partial charge in [-0.2, -0.15) is 0 Å². The van der Waals surface area contributed by atoms with Gasteiger partial charge in [0.25, 0.3) is 0 Å². The van der Waals surface area contributed by atoms with Gasteiger partial charge in [0.15, 0.2) is 14.6 Å². The predicted molar refractivity (Wildman–Crippen MR) is 96.7 cm³/mol. The van der Waals surface area contributed by atoms with E-state index in [2.05, 4.69) is 0 Å². The summed E-state index contributed by atoms with van der Waals surface area (Å²) in [5.74, 6) is -2.27. The van der Waals surface area contributed by atoms with Gasteiger partial charge < -0.3 is 10.0 Å². The molecular weight excluding hydrogens is 378 g/mol. The Labute approximate surface area is 158 Å². The lowest BCUT2D eigenvalue weighted by molar-refractivity contribution is -0.142. The van der Waals surface area contributed by atoms with Gasteiger partial charge in [-0.3, -0.25) is 9.59 Å². The van der Waals surface area contributed by atoms with Crippen molar-refractivity contribution in [1.82, 2.24) is 4.90 Å². The minimum Gasteiger partial charge on any atom is -0.481 e. The van der Waals surface area contributed by atoms with E-state index in [0.29, 0.717) is 17.9 Å². The lowest BCUT2D eigenvalue weighted by Gasteiger charge is -2.32. The minimum absolute atomic E-state index is 0.0627. The molecule has 1 heterocycles. The van der Waals surface area contributed by atoms with E-state index in [-0.39, 0.29) is 36.7 Å². The van der Waals surface area contributed by atoms with Gasteiger partial charge in [-0.05, 0) is 43.0 Å². The molecular formula is C18H22ClNO5S. The lowest BCUT2D eigenvalue weighted by atomic mass is 9.99. The number of carboxylic acid groups (broad SMARTS) is 1. The SMILES string of the molecule is C[C@@H]1CN(C(=O)C2(S(=O)(=O)c3ccc(Cl)cc3)CCCC2)C[C@H]1C(=O)O. The maximum absolute atomic E-state index is 13.4. The van der Waals surface area contributed by atoms with E-state index in [1.54, 1.807) is 6.92 Å². The second-order valence-corrected chi connectivity index (χ2v) is 9.99. The van der Waals surface area contributed by atoms with Crippen LogP contribution < -0.4 is 0 Å². The van der Waals surface area contributed by atoms with Crippen LogP contribution in [0.4, 0.5) is 0 Å². The van der Waals surface area contributed by atoms with E-state index in [0.717, 1.165) is 0 Å². The summed E-state index contributed by atoms with van der Waals surface area (Å²) in [6.45, 7) is 2.11. The molecule has 0 spiro atoms. The summed E-state index contributed by atoms with van der Waals surface area (Å²) in [7, 11) is -3.91. The van der Waals surface area contributed by atoms with Crippen LogP contribution in [0.1, 0.15) is 32.6 Å². The van der Waals surface area contributed by atoms with Gasteiger partial charge in [0, 0.05) is 18.1 Å². The van der Waals surface area contributed by atoms with Crippen molar-refractivity contribution in [2.75, 3.05) is 13.1 Å². The highest BCUT2D eigenvalue weighted by Gasteiger charge is 2.56. The Morgan fingerprint density at radius 2 is 1.73 bits per heavy atom. The average Bonchev–Trinajstić information content (AvgIpc) is 3.22. The van der Waals surface area contributed by atoms with Crippen molar-refractivity contribution in [3.63, 3.8) is 0 Å². The van der Waals surface area contributed by atoms with Crippen LogP contribution in [-0.2, 0) is 19.4 Å². The number of hydrogen-bond donors (Lipinski definition) is 1. The fourth-order valence-corrected chi connectivity index (χ4v) is 6.38. The number of halogens is 1. The molecule has 1 aromatic rings. The van der Waals surface area contributed by atoms with Crippen molar-refractivity contribution >= 4 is 33.3 Å². The summed E-state index contributed by atoms with van der Waals surface area (Å²) in [6, 6.07) is 5.86. The van der Waals surface area contributed by atoms with Crippen molar-refractivity contribution < 1.29 is 23.1 Å². The Hall–Kier alpha value is -1.60. The van der Waals surface area contributed by atoms with Gasteiger partial charge in [0.2, 0.25) is 5.91 Å². The van der Waals surface area contributed by atoms with Crippen LogP contribution in [0.25, 0.3) is 0 Å². The van der Waals surface area contributed by atoms with E-state index in [1.165, 1.54) is 29.2 Å². The van der Waals surface area contributed by atoms with Gasteiger partial charge in [0.1, 0.15) is 0 Å². The highest BCUT2D eigenvalue weighted by Crippen LogP contribution is 2.43. The molecule has 1 amide bonds. The topological polar surface area (TPSA) is 91.8 Å². The Balaban J connectivity index is 1.97. The second-order valence-electron chi connectivity index (χ2n) is 7.29. The Bertz CT molecular complexity index is 814. The first-order valence-corrected chi connectivity index (χ1v) is 10.6. The summed E-state index contributed by atoms with van der Waals surface area (Å²) < 4.78 is 25.2. The quantitative estimate of drug-likeness (QED) is 0.840. The van der Waals surface area contributed by atoms with E-state index in [1.807, 2.05) is 0 Å². The number of likely N-dealkylation sites (tertiary alicyclic amines) is 1. The molecule has 2 atom stereocenters. The Morgan fingerprint density at radius 1 is 1.15 bits per heavy atom. The average molecular weight is 400 g/mol. The van der Waals surface area contributed by atoms with Gasteiger partial charge in [-0.25, -0.2) is 8.42 Å². The third-order valence-corrected chi connectivity index (χ3v) is 8.41. The number of benzene rings is 1. The molecule has 8 heteroatoms. The van der Waals surface area contributed by atoms with Crippen LogP contribution in [0.5, 0.6) is 0 Å². The highest BCUT2D eigenvalue weighted by atomic mass is 35.5. The monoisotopic (exact) mass is 399 g/mol. The molecule has 0 aromatic heterocycles. The molecule has 0 radical (unpaired) electrons. The first kappa shape index (κ1) is 19.2. The van der Waals surface area contributed by atoms with Crippen LogP contribution >= 0.6 is 11.6 Å². The number of sulfone groups is 1. The van der Waals surface area contributed by atoms with Crippen LogP contribution in [-0.4, -0.2) is 48.1 Å². The van der Waals surface area contributed by atoms with E-state index < -0.39 is 32.4 Å². The summed E-state index contributed by atoms with van der Waals surface area (Å²) in [5.41, 5.74) is 0. The first-order chi connectivity index (χ1) is 12.2. The predicted octanol–water partition coefficient (Wildman–Crippen LogP) is 2.61. The molecule has 3 rings (SSSR count).